The highest BCUT2D eigenvalue weighted by atomic mass is 35.5. The molecule has 4 rings (SSSR count). The molecule has 0 aliphatic heterocycles. The van der Waals surface area contributed by atoms with Crippen molar-refractivity contribution in [2.75, 3.05) is 0 Å². The first-order valence-electron chi connectivity index (χ1n) is 9.75. The predicted octanol–water partition coefficient (Wildman–Crippen LogP) is 6.66. The van der Waals surface area contributed by atoms with Crippen LogP contribution in [-0.2, 0) is 0 Å². The third-order valence-corrected chi connectivity index (χ3v) is 7.56. The Bertz CT molecular complexity index is 725. The zero-order valence-electron chi connectivity index (χ0n) is 14.7. The van der Waals surface area contributed by atoms with E-state index in [1.54, 1.807) is 11.3 Å². The molecule has 0 N–H and O–H groups in total. The maximum Gasteiger partial charge on any atom is 0.266 e. The van der Waals surface area contributed by atoms with Crippen LogP contribution >= 0.6 is 22.9 Å². The highest BCUT2D eigenvalue weighted by molar-refractivity contribution is 7.21. The van der Waals surface area contributed by atoms with Crippen molar-refractivity contribution in [2.24, 2.45) is 0 Å². The van der Waals surface area contributed by atoms with Crippen LogP contribution in [0, 0.1) is 0 Å². The summed E-state index contributed by atoms with van der Waals surface area (Å²) >= 11 is 8.20. The first kappa shape index (κ1) is 17.4. The Hall–Kier alpha value is -1.06. The van der Waals surface area contributed by atoms with Gasteiger partial charge in [0.15, 0.2) is 0 Å². The molecule has 1 heterocycles. The molecule has 0 radical (unpaired) electrons. The summed E-state index contributed by atoms with van der Waals surface area (Å²) in [5.41, 5.74) is 0. The zero-order valence-corrected chi connectivity index (χ0v) is 16.2. The Morgan fingerprint density at radius 2 is 1.48 bits per heavy atom. The number of thiophene rings is 1. The van der Waals surface area contributed by atoms with Crippen LogP contribution in [0.1, 0.15) is 73.9 Å². The first-order valence-corrected chi connectivity index (χ1v) is 10.9. The average Bonchev–Trinajstić information content (AvgIpc) is 3.01. The molecule has 2 fully saturated rings. The van der Waals surface area contributed by atoms with Gasteiger partial charge in [-0.15, -0.1) is 11.3 Å². The van der Waals surface area contributed by atoms with Gasteiger partial charge in [-0.05, 0) is 31.7 Å². The Labute approximate surface area is 159 Å². The number of carbonyl (C=O) groups is 1. The number of halogens is 1. The summed E-state index contributed by atoms with van der Waals surface area (Å²) in [6.07, 6.45) is 12.3. The zero-order chi connectivity index (χ0) is 17.2. The molecule has 2 aliphatic rings. The summed E-state index contributed by atoms with van der Waals surface area (Å²) in [7, 11) is 0. The van der Waals surface area contributed by atoms with Crippen molar-refractivity contribution < 1.29 is 4.79 Å². The van der Waals surface area contributed by atoms with Gasteiger partial charge in [0.1, 0.15) is 4.88 Å². The molecule has 1 amide bonds. The van der Waals surface area contributed by atoms with Gasteiger partial charge in [-0.3, -0.25) is 4.79 Å². The number of benzene rings is 1. The maximum atomic E-state index is 13.6. The van der Waals surface area contributed by atoms with Gasteiger partial charge < -0.3 is 4.90 Å². The molecule has 1 aromatic heterocycles. The molecule has 0 atom stereocenters. The van der Waals surface area contributed by atoms with Crippen molar-refractivity contribution in [2.45, 2.75) is 76.3 Å². The SMILES string of the molecule is O=C(c1sc2ccccc2c1Cl)N(C1CCCCC1)C1CCCCC1. The lowest BCUT2D eigenvalue weighted by atomic mass is 9.88. The average molecular weight is 376 g/mol. The molecule has 2 nitrogen and oxygen atoms in total. The third-order valence-electron chi connectivity index (χ3n) is 5.90. The van der Waals surface area contributed by atoms with E-state index in [0.717, 1.165) is 40.6 Å². The fraction of sp³-hybridized carbons (Fsp3) is 0.571. The van der Waals surface area contributed by atoms with Crippen LogP contribution in [0.15, 0.2) is 24.3 Å². The molecule has 2 aromatic rings. The van der Waals surface area contributed by atoms with Gasteiger partial charge in [0, 0.05) is 22.2 Å². The molecular weight excluding hydrogens is 350 g/mol. The van der Waals surface area contributed by atoms with Crippen molar-refractivity contribution in [3.05, 3.63) is 34.2 Å². The van der Waals surface area contributed by atoms with E-state index < -0.39 is 0 Å². The monoisotopic (exact) mass is 375 g/mol. The van der Waals surface area contributed by atoms with E-state index in [4.69, 9.17) is 11.6 Å². The van der Waals surface area contributed by atoms with Crippen molar-refractivity contribution >= 4 is 38.9 Å². The smallest absolute Gasteiger partial charge is 0.266 e. The fourth-order valence-corrected chi connectivity index (χ4v) is 6.07. The van der Waals surface area contributed by atoms with Gasteiger partial charge >= 0.3 is 0 Å². The van der Waals surface area contributed by atoms with Crippen LogP contribution in [0.25, 0.3) is 10.1 Å². The topological polar surface area (TPSA) is 20.3 Å². The number of fused-ring (bicyclic) bond motifs is 1. The molecule has 4 heteroatoms. The highest BCUT2D eigenvalue weighted by Crippen LogP contribution is 2.38. The van der Waals surface area contributed by atoms with E-state index in [1.165, 1.54) is 38.5 Å². The third kappa shape index (κ3) is 3.46. The second-order valence-electron chi connectivity index (χ2n) is 7.54. The molecule has 1 aromatic carbocycles. The second-order valence-corrected chi connectivity index (χ2v) is 8.97. The van der Waals surface area contributed by atoms with Gasteiger partial charge in [0.2, 0.25) is 0 Å². The lowest BCUT2D eigenvalue weighted by molar-refractivity contribution is 0.0454. The summed E-state index contributed by atoms with van der Waals surface area (Å²) in [4.78, 5) is 16.6. The summed E-state index contributed by atoms with van der Waals surface area (Å²) in [5, 5.41) is 1.67. The number of hydrogen-bond donors (Lipinski definition) is 0. The van der Waals surface area contributed by atoms with Gasteiger partial charge in [-0.25, -0.2) is 0 Å². The summed E-state index contributed by atoms with van der Waals surface area (Å²) < 4.78 is 1.11. The number of rotatable bonds is 3. The van der Waals surface area contributed by atoms with E-state index in [2.05, 4.69) is 11.0 Å². The van der Waals surface area contributed by atoms with Crippen molar-refractivity contribution in [1.82, 2.24) is 4.90 Å². The van der Waals surface area contributed by atoms with E-state index in [9.17, 15) is 4.79 Å². The molecule has 2 aliphatic carbocycles. The van der Waals surface area contributed by atoms with Crippen LogP contribution in [-0.4, -0.2) is 22.9 Å². The fourth-order valence-electron chi connectivity index (χ4n) is 4.62. The largest absolute Gasteiger partial charge is 0.332 e. The lowest BCUT2D eigenvalue weighted by Gasteiger charge is -2.41. The summed E-state index contributed by atoms with van der Waals surface area (Å²) in [6.45, 7) is 0. The minimum atomic E-state index is 0.185. The van der Waals surface area contributed by atoms with E-state index >= 15 is 0 Å². The van der Waals surface area contributed by atoms with Gasteiger partial charge in [0.05, 0.1) is 5.02 Å². The minimum Gasteiger partial charge on any atom is -0.332 e. The van der Waals surface area contributed by atoms with Crippen LogP contribution in [0.5, 0.6) is 0 Å². The normalized spacial score (nSPS) is 20.0. The molecule has 2 saturated carbocycles. The second kappa shape index (κ2) is 7.67. The van der Waals surface area contributed by atoms with Crippen LogP contribution in [0.2, 0.25) is 5.02 Å². The van der Waals surface area contributed by atoms with Crippen LogP contribution in [0.4, 0.5) is 0 Å². The Morgan fingerprint density at radius 3 is 2.04 bits per heavy atom. The number of amides is 1. The number of hydrogen-bond acceptors (Lipinski definition) is 2. The van der Waals surface area contributed by atoms with Gasteiger partial charge in [-0.2, -0.15) is 0 Å². The number of carbonyl (C=O) groups excluding carboxylic acids is 1. The summed E-state index contributed by atoms with van der Waals surface area (Å²) in [6, 6.07) is 8.92. The standard InChI is InChI=1S/C21H26ClNOS/c22-19-17-13-7-8-14-18(17)25-20(19)21(24)23(15-9-3-1-4-10-15)16-11-5-2-6-12-16/h7-8,13-16H,1-6,9-12H2. The van der Waals surface area contributed by atoms with E-state index in [1.807, 2.05) is 18.2 Å². The molecule has 0 spiro atoms. The molecular formula is C21H26ClNOS. The van der Waals surface area contributed by atoms with Crippen molar-refractivity contribution in [1.29, 1.82) is 0 Å². The molecule has 0 unspecified atom stereocenters. The van der Waals surface area contributed by atoms with Crippen molar-refractivity contribution in [3.8, 4) is 0 Å². The Balaban J connectivity index is 1.69. The van der Waals surface area contributed by atoms with Crippen LogP contribution in [0.3, 0.4) is 0 Å². The minimum absolute atomic E-state index is 0.185. The Morgan fingerprint density at radius 1 is 0.920 bits per heavy atom. The van der Waals surface area contributed by atoms with Gasteiger partial charge in [-0.1, -0.05) is 68.3 Å². The quantitative estimate of drug-likeness (QED) is 0.587. The molecule has 134 valence electrons. The summed E-state index contributed by atoms with van der Waals surface area (Å²) in [5.74, 6) is 0.185. The molecule has 25 heavy (non-hydrogen) atoms. The maximum absolute atomic E-state index is 13.6. The lowest BCUT2D eigenvalue weighted by Crippen LogP contribution is -2.48. The Kier molecular flexibility index (Phi) is 5.33. The predicted molar refractivity (Wildman–Crippen MR) is 107 cm³/mol. The van der Waals surface area contributed by atoms with Crippen LogP contribution < -0.4 is 0 Å². The molecule has 0 bridgehead atoms. The first-order chi connectivity index (χ1) is 12.3. The van der Waals surface area contributed by atoms with E-state index in [0.29, 0.717) is 17.1 Å². The van der Waals surface area contributed by atoms with E-state index in [-0.39, 0.29) is 5.91 Å². The van der Waals surface area contributed by atoms with Crippen molar-refractivity contribution in [3.63, 3.8) is 0 Å². The van der Waals surface area contributed by atoms with Gasteiger partial charge in [0.25, 0.3) is 5.91 Å². The number of nitrogens with zero attached hydrogens (tertiary/aromatic N) is 1. The highest BCUT2D eigenvalue weighted by Gasteiger charge is 2.34. The molecule has 0 saturated heterocycles.